The Kier molecular flexibility index (Phi) is 17.0. The number of likely N-dealkylation sites (tertiary alicyclic amines) is 1. The van der Waals surface area contributed by atoms with Crippen molar-refractivity contribution in [1.82, 2.24) is 31.2 Å². The number of nitrogens with two attached hydrogens (primary N) is 1. The fourth-order valence-corrected chi connectivity index (χ4v) is 8.31. The van der Waals surface area contributed by atoms with Crippen molar-refractivity contribution in [3.05, 3.63) is 41.7 Å². The van der Waals surface area contributed by atoms with E-state index in [1.54, 1.807) is 20.8 Å². The van der Waals surface area contributed by atoms with Crippen LogP contribution in [0, 0.1) is 17.3 Å². The molecule has 0 aromatic carbocycles. The molecule has 0 spiro atoms. The minimum atomic E-state index is -1.30. The number of nitrogens with zero attached hydrogens (tertiary/aromatic N) is 2. The second kappa shape index (κ2) is 21.6. The number of nitrogens with one attached hydrogen (secondary N) is 4. The van der Waals surface area contributed by atoms with E-state index in [0.29, 0.717) is 25.7 Å². The Bertz CT molecular complexity index is 1730. The molecule has 17 nitrogen and oxygen atoms in total. The van der Waals surface area contributed by atoms with E-state index in [1.807, 2.05) is 0 Å². The molecular weight excluding hydrogens is 763 g/mol. The zero-order valence-electron chi connectivity index (χ0n) is 34.6. The second-order valence-electron chi connectivity index (χ2n) is 17.0. The monoisotopic (exact) mass is 823 g/mol. The highest BCUT2D eigenvalue weighted by Crippen LogP contribution is 2.30. The van der Waals surface area contributed by atoms with E-state index >= 15 is 0 Å². The van der Waals surface area contributed by atoms with Gasteiger partial charge in [0.1, 0.15) is 30.2 Å². The van der Waals surface area contributed by atoms with Crippen LogP contribution in [0.25, 0.3) is 0 Å². The Morgan fingerprint density at radius 3 is 2.02 bits per heavy atom. The highest BCUT2D eigenvalue weighted by Gasteiger charge is 2.44. The molecule has 1 aliphatic heterocycles. The van der Waals surface area contributed by atoms with E-state index in [-0.39, 0.29) is 42.3 Å². The van der Waals surface area contributed by atoms with Gasteiger partial charge in [-0.05, 0) is 74.7 Å². The number of amides is 6. The fourth-order valence-electron chi connectivity index (χ4n) is 8.31. The summed E-state index contributed by atoms with van der Waals surface area (Å²) < 4.78 is 4.62. The van der Waals surface area contributed by atoms with Crippen LogP contribution in [0.4, 0.5) is 0 Å². The summed E-state index contributed by atoms with van der Waals surface area (Å²) in [4.78, 5) is 111. The van der Waals surface area contributed by atoms with E-state index in [4.69, 9.17) is 5.73 Å². The molecule has 324 valence electrons. The number of primary amides is 1. The zero-order valence-corrected chi connectivity index (χ0v) is 34.6. The van der Waals surface area contributed by atoms with Crippen molar-refractivity contribution in [2.75, 3.05) is 13.7 Å². The average molecular weight is 824 g/mol. The first-order valence-corrected chi connectivity index (χ1v) is 20.8. The maximum Gasteiger partial charge on any atom is 0.337 e. The number of esters is 1. The number of pyridine rings is 1. The molecule has 1 aromatic rings. The average Bonchev–Trinajstić information content (AvgIpc) is 3.72. The molecule has 3 fully saturated rings. The molecule has 0 bridgehead atoms. The SMILES string of the molecule is COC(=O)/C=C/CC[C@H](NC(=O)c1cncc(C(=O)O)c1)C(=O)N[C@H](C(=O)N1CCC[C@H]1C(=O)N[C@H](C(=O)N[C@H](C(N)=O)C1CCCCC1)C1CCCCC1)C(C)(C)C. The van der Waals surface area contributed by atoms with E-state index in [0.717, 1.165) is 69.8 Å². The van der Waals surface area contributed by atoms with Crippen LogP contribution in [-0.2, 0) is 33.5 Å². The summed E-state index contributed by atoms with van der Waals surface area (Å²) in [6.07, 6.45) is 14.5. The van der Waals surface area contributed by atoms with Gasteiger partial charge in [0.05, 0.1) is 18.2 Å². The lowest BCUT2D eigenvalue weighted by molar-refractivity contribution is -0.145. The molecule has 3 aliphatic rings. The largest absolute Gasteiger partial charge is 0.478 e. The maximum absolute atomic E-state index is 14.5. The Hall–Kier alpha value is -5.35. The number of ether oxygens (including phenoxy) is 1. The first-order valence-electron chi connectivity index (χ1n) is 20.8. The number of aromatic carboxylic acids is 1. The van der Waals surface area contributed by atoms with Crippen LogP contribution in [0.15, 0.2) is 30.6 Å². The summed E-state index contributed by atoms with van der Waals surface area (Å²) in [6.45, 7) is 5.47. The zero-order chi connectivity index (χ0) is 43.3. The second-order valence-corrected chi connectivity index (χ2v) is 17.0. The summed E-state index contributed by atoms with van der Waals surface area (Å²) in [5, 5.41) is 20.7. The van der Waals surface area contributed by atoms with Gasteiger partial charge in [-0.3, -0.25) is 33.8 Å². The first-order chi connectivity index (χ1) is 28.0. The highest BCUT2D eigenvalue weighted by atomic mass is 16.5. The topological polar surface area (TPSA) is 256 Å². The third kappa shape index (κ3) is 13.1. The van der Waals surface area contributed by atoms with Crippen LogP contribution in [0.1, 0.15) is 131 Å². The molecule has 2 aliphatic carbocycles. The number of aromatic nitrogens is 1. The molecule has 1 aromatic heterocycles. The number of carbonyl (C=O) groups is 8. The minimum absolute atomic E-state index is 0.0150. The molecule has 2 heterocycles. The van der Waals surface area contributed by atoms with Gasteiger partial charge in [-0.15, -0.1) is 0 Å². The predicted molar refractivity (Wildman–Crippen MR) is 215 cm³/mol. The summed E-state index contributed by atoms with van der Waals surface area (Å²) in [5.74, 6) is -5.77. The van der Waals surface area contributed by atoms with Crippen LogP contribution in [0.3, 0.4) is 0 Å². The van der Waals surface area contributed by atoms with E-state index in [9.17, 15) is 43.5 Å². The molecule has 7 N–H and O–H groups in total. The minimum Gasteiger partial charge on any atom is -0.478 e. The van der Waals surface area contributed by atoms with Gasteiger partial charge in [0.2, 0.25) is 29.5 Å². The van der Waals surface area contributed by atoms with Gasteiger partial charge in [0.25, 0.3) is 5.91 Å². The van der Waals surface area contributed by atoms with Crippen molar-refractivity contribution in [2.45, 2.75) is 141 Å². The number of carboxylic acids is 1. The number of hydrogen-bond acceptors (Lipinski definition) is 10. The van der Waals surface area contributed by atoms with Gasteiger partial charge in [-0.2, -0.15) is 0 Å². The number of methoxy groups -OCH3 is 1. The van der Waals surface area contributed by atoms with Crippen molar-refractivity contribution in [3.63, 3.8) is 0 Å². The lowest BCUT2D eigenvalue weighted by Crippen LogP contribution is -2.62. The van der Waals surface area contributed by atoms with Gasteiger partial charge in [0.15, 0.2) is 0 Å². The Labute approximate surface area is 345 Å². The predicted octanol–water partition coefficient (Wildman–Crippen LogP) is 2.53. The van der Waals surface area contributed by atoms with Crippen LogP contribution >= 0.6 is 0 Å². The van der Waals surface area contributed by atoms with E-state index in [1.165, 1.54) is 24.2 Å². The van der Waals surface area contributed by atoms with Gasteiger partial charge in [0, 0.05) is 25.0 Å². The third-order valence-corrected chi connectivity index (χ3v) is 11.6. The highest BCUT2D eigenvalue weighted by molar-refractivity contribution is 6.00. The molecule has 0 radical (unpaired) electrons. The summed E-state index contributed by atoms with van der Waals surface area (Å²) in [7, 11) is 1.21. The summed E-state index contributed by atoms with van der Waals surface area (Å²) >= 11 is 0. The lowest BCUT2D eigenvalue weighted by atomic mass is 9.81. The molecule has 0 unspecified atom stereocenters. The Morgan fingerprint density at radius 1 is 0.831 bits per heavy atom. The summed E-state index contributed by atoms with van der Waals surface area (Å²) in [6, 6.07) is -4.03. The fraction of sp³-hybridized carbons (Fsp3) is 0.643. The van der Waals surface area contributed by atoms with Crippen molar-refractivity contribution in [1.29, 1.82) is 0 Å². The molecule has 4 rings (SSSR count). The van der Waals surface area contributed by atoms with E-state index in [2.05, 4.69) is 31.0 Å². The lowest BCUT2D eigenvalue weighted by Gasteiger charge is -2.37. The van der Waals surface area contributed by atoms with Crippen LogP contribution in [0.5, 0.6) is 0 Å². The van der Waals surface area contributed by atoms with Crippen LogP contribution in [0.2, 0.25) is 0 Å². The van der Waals surface area contributed by atoms with Crippen molar-refractivity contribution >= 4 is 47.4 Å². The standard InChI is InChI=1S/C42H61N7O10/c1-42(2,3)34(48-37(53)29(18-11-12-20-31(50)59-4)45-36(52)27-22-28(41(57)58)24-44-23-27)40(56)49-21-13-19-30(49)38(54)47-33(26-16-9-6-10-17-26)39(55)46-32(35(43)51)25-14-7-5-8-15-25/h12,20,22-26,29-30,32-34H,5-11,13-19,21H2,1-4H3,(H2,43,51)(H,45,52)(H,46,55)(H,47,54)(H,48,53)(H,57,58)/b20-12+/t29-,30-,32-,33-,34+/m0/s1. The Morgan fingerprint density at radius 2 is 1.44 bits per heavy atom. The van der Waals surface area contributed by atoms with Crippen molar-refractivity contribution < 1.29 is 48.2 Å². The molecule has 17 heteroatoms. The van der Waals surface area contributed by atoms with Crippen LogP contribution < -0.4 is 27.0 Å². The maximum atomic E-state index is 14.5. The molecule has 1 saturated heterocycles. The molecule has 6 amide bonds. The molecule has 59 heavy (non-hydrogen) atoms. The van der Waals surface area contributed by atoms with Gasteiger partial charge in [-0.1, -0.05) is 65.4 Å². The number of rotatable bonds is 17. The van der Waals surface area contributed by atoms with Gasteiger partial charge in [-0.25, -0.2) is 9.59 Å². The van der Waals surface area contributed by atoms with E-state index < -0.39 is 83.0 Å². The Balaban J connectivity index is 1.53. The molecular formula is C42H61N7O10. The first kappa shape index (κ1) is 46.3. The quantitative estimate of drug-likeness (QED) is 0.0983. The number of carboxylic acid groups (broad SMARTS) is 1. The molecule has 2 saturated carbocycles. The van der Waals surface area contributed by atoms with Gasteiger partial charge >= 0.3 is 11.9 Å². The third-order valence-electron chi connectivity index (χ3n) is 11.6. The van der Waals surface area contributed by atoms with Crippen molar-refractivity contribution in [2.24, 2.45) is 23.0 Å². The normalized spacial score (nSPS) is 19.8. The smallest absolute Gasteiger partial charge is 0.337 e. The van der Waals surface area contributed by atoms with Crippen LogP contribution in [-0.4, -0.2) is 106 Å². The van der Waals surface area contributed by atoms with Gasteiger partial charge < -0.3 is 41.7 Å². The number of hydrogen-bond donors (Lipinski definition) is 6. The summed E-state index contributed by atoms with van der Waals surface area (Å²) in [5.41, 5.74) is 4.57. The molecule has 5 atom stereocenters. The van der Waals surface area contributed by atoms with Crippen molar-refractivity contribution in [3.8, 4) is 0 Å². The number of allylic oxidation sites excluding steroid dienone is 1. The number of carbonyl (C=O) groups excluding carboxylic acids is 7.